The van der Waals surface area contributed by atoms with Gasteiger partial charge in [-0.15, -0.1) is 0 Å². The average Bonchev–Trinajstić information content (AvgIpc) is 2.49. The van der Waals surface area contributed by atoms with Crippen molar-refractivity contribution in [3.05, 3.63) is 57.2 Å². The highest BCUT2D eigenvalue weighted by molar-refractivity contribution is 9.10. The van der Waals surface area contributed by atoms with Crippen LogP contribution in [0.3, 0.4) is 0 Å². The summed E-state index contributed by atoms with van der Waals surface area (Å²) in [6.07, 6.45) is 0. The third-order valence-electron chi connectivity index (χ3n) is 2.88. The van der Waals surface area contributed by atoms with Crippen molar-refractivity contribution < 1.29 is 4.79 Å². The quantitative estimate of drug-likeness (QED) is 0.642. The highest BCUT2D eigenvalue weighted by atomic mass is 79.9. The summed E-state index contributed by atoms with van der Waals surface area (Å²) in [5, 5.41) is 0.293. The molecule has 0 aliphatic heterocycles. The fraction of sp³-hybridized carbons (Fsp3) is 0.143. The molecule has 3 N–H and O–H groups in total. The second-order valence-electron chi connectivity index (χ2n) is 4.46. The van der Waals surface area contributed by atoms with Crippen LogP contribution in [-0.4, -0.2) is 22.8 Å². The molecule has 0 aliphatic rings. The van der Waals surface area contributed by atoms with Gasteiger partial charge in [0.25, 0.3) is 5.91 Å². The van der Waals surface area contributed by atoms with Gasteiger partial charge in [-0.1, -0.05) is 39.7 Å². The van der Waals surface area contributed by atoms with E-state index in [0.717, 1.165) is 10.0 Å². The van der Waals surface area contributed by atoms with Crippen LogP contribution in [0.5, 0.6) is 0 Å². The number of hydrogen-bond acceptors (Lipinski definition) is 4. The zero-order valence-electron chi connectivity index (χ0n) is 11.3. The number of carbonyl (C=O) groups excluding carboxylic acids is 1. The molecule has 2 rings (SSSR count). The lowest BCUT2D eigenvalue weighted by Crippen LogP contribution is -2.27. The largest absolute Gasteiger partial charge is 0.336 e. The number of aromatic nitrogens is 1. The number of anilines is 1. The summed E-state index contributed by atoms with van der Waals surface area (Å²) in [5.74, 6) is 5.42. The van der Waals surface area contributed by atoms with Crippen LogP contribution in [0, 0.1) is 0 Å². The van der Waals surface area contributed by atoms with Crippen molar-refractivity contribution >= 4 is 39.3 Å². The molecule has 0 radical (unpaired) electrons. The number of nitrogens with zero attached hydrogens (tertiary/aromatic N) is 2. The van der Waals surface area contributed by atoms with Crippen molar-refractivity contribution in [2.24, 2.45) is 5.84 Å². The highest BCUT2D eigenvalue weighted by Crippen LogP contribution is 2.19. The van der Waals surface area contributed by atoms with Gasteiger partial charge in [0.15, 0.2) is 0 Å². The molecule has 0 fully saturated rings. The number of nitrogens with two attached hydrogens (primary N) is 1. The molecule has 2 aromatic rings. The van der Waals surface area contributed by atoms with Gasteiger partial charge in [-0.2, -0.15) is 0 Å². The first kappa shape index (κ1) is 15.8. The lowest BCUT2D eigenvalue weighted by molar-refractivity contribution is 0.0779. The fourth-order valence-corrected chi connectivity index (χ4v) is 2.24. The topological polar surface area (TPSA) is 71.2 Å². The first-order valence-electron chi connectivity index (χ1n) is 6.14. The monoisotopic (exact) mass is 368 g/mol. The van der Waals surface area contributed by atoms with E-state index in [4.69, 9.17) is 17.4 Å². The second-order valence-corrected chi connectivity index (χ2v) is 5.78. The van der Waals surface area contributed by atoms with Gasteiger partial charge >= 0.3 is 0 Å². The molecule has 0 aliphatic carbocycles. The first-order chi connectivity index (χ1) is 10.0. The van der Waals surface area contributed by atoms with Crippen LogP contribution >= 0.6 is 27.5 Å². The number of nitrogens with one attached hydrogen (secondary N) is 1. The number of hydrazine groups is 1. The molecule has 0 bridgehead atoms. The number of carbonyl (C=O) groups is 1. The maximum absolute atomic E-state index is 12.4. The van der Waals surface area contributed by atoms with Crippen molar-refractivity contribution in [2.75, 3.05) is 12.5 Å². The molecule has 0 atom stereocenters. The number of rotatable bonds is 4. The predicted molar refractivity (Wildman–Crippen MR) is 87.0 cm³/mol. The highest BCUT2D eigenvalue weighted by Gasteiger charge is 2.17. The van der Waals surface area contributed by atoms with Crippen LogP contribution in [0.15, 0.2) is 40.9 Å². The van der Waals surface area contributed by atoms with Crippen molar-refractivity contribution in [1.29, 1.82) is 0 Å². The van der Waals surface area contributed by atoms with E-state index in [1.165, 1.54) is 0 Å². The van der Waals surface area contributed by atoms with Gasteiger partial charge in [-0.3, -0.25) is 4.79 Å². The Labute approximate surface area is 136 Å². The molecule has 0 spiro atoms. The lowest BCUT2D eigenvalue weighted by atomic mass is 10.2. The molecule has 5 nitrogen and oxygen atoms in total. The summed E-state index contributed by atoms with van der Waals surface area (Å²) < 4.78 is 0.992. The van der Waals surface area contributed by atoms with Gasteiger partial charge in [-0.05, 0) is 29.8 Å². The number of benzene rings is 1. The Balaban J connectivity index is 2.17. The lowest BCUT2D eigenvalue weighted by Gasteiger charge is -2.18. The first-order valence-corrected chi connectivity index (χ1v) is 7.31. The average molecular weight is 370 g/mol. The minimum atomic E-state index is -0.264. The number of pyridine rings is 1. The number of nitrogen functional groups attached to an aromatic ring is 1. The summed E-state index contributed by atoms with van der Waals surface area (Å²) in [6.45, 7) is 0.463. The molecule has 0 saturated carbocycles. The van der Waals surface area contributed by atoms with Gasteiger partial charge in [0.1, 0.15) is 11.5 Å². The van der Waals surface area contributed by atoms with E-state index in [1.54, 1.807) is 24.1 Å². The third-order valence-corrected chi connectivity index (χ3v) is 3.71. The summed E-state index contributed by atoms with van der Waals surface area (Å²) in [7, 11) is 1.70. The van der Waals surface area contributed by atoms with Crippen molar-refractivity contribution in [2.45, 2.75) is 6.54 Å². The van der Waals surface area contributed by atoms with E-state index in [1.807, 2.05) is 24.3 Å². The standard InChI is InChI=1S/C14H14BrClN4O/c1-20(8-9-2-4-10(15)5-3-9)14(21)13-11(16)6-7-12(18-13)19-17/h2-7H,8,17H2,1H3,(H,18,19). The molecule has 1 amide bonds. The minimum absolute atomic E-state index is 0.173. The van der Waals surface area contributed by atoms with Crippen molar-refractivity contribution in [3.8, 4) is 0 Å². The molecule has 1 heterocycles. The summed E-state index contributed by atoms with van der Waals surface area (Å²) in [5.41, 5.74) is 3.58. The molecule has 0 saturated heterocycles. The van der Waals surface area contributed by atoms with E-state index < -0.39 is 0 Å². The summed E-state index contributed by atoms with van der Waals surface area (Å²) >= 11 is 9.41. The number of hydrogen-bond donors (Lipinski definition) is 2. The normalized spacial score (nSPS) is 10.3. The molecule has 7 heteroatoms. The maximum Gasteiger partial charge on any atom is 0.274 e. The second kappa shape index (κ2) is 6.89. The number of amides is 1. The molecule has 1 aromatic heterocycles. The van der Waals surface area contributed by atoms with E-state index in [2.05, 4.69) is 26.3 Å². The summed E-state index contributed by atoms with van der Waals surface area (Å²) in [6, 6.07) is 10.9. The van der Waals surface area contributed by atoms with E-state index in [0.29, 0.717) is 17.4 Å². The Hall–Kier alpha value is -1.63. The minimum Gasteiger partial charge on any atom is -0.336 e. The Morgan fingerprint density at radius 1 is 1.33 bits per heavy atom. The molecule has 1 aromatic carbocycles. The molecule has 21 heavy (non-hydrogen) atoms. The van der Waals surface area contributed by atoms with Gasteiger partial charge in [0, 0.05) is 18.1 Å². The molecular formula is C14H14BrClN4O. The Kier molecular flexibility index (Phi) is 5.17. The number of halogens is 2. The third kappa shape index (κ3) is 3.93. The molecular weight excluding hydrogens is 356 g/mol. The zero-order chi connectivity index (χ0) is 15.4. The van der Waals surface area contributed by atoms with Crippen LogP contribution in [0.4, 0.5) is 5.82 Å². The zero-order valence-corrected chi connectivity index (χ0v) is 13.6. The van der Waals surface area contributed by atoms with E-state index in [-0.39, 0.29) is 11.6 Å². The van der Waals surface area contributed by atoms with Crippen LogP contribution < -0.4 is 11.3 Å². The van der Waals surface area contributed by atoms with Crippen LogP contribution in [0.2, 0.25) is 5.02 Å². The van der Waals surface area contributed by atoms with Gasteiger partial charge < -0.3 is 10.3 Å². The SMILES string of the molecule is CN(Cc1ccc(Br)cc1)C(=O)c1nc(NN)ccc1Cl. The summed E-state index contributed by atoms with van der Waals surface area (Å²) in [4.78, 5) is 18.1. The predicted octanol–water partition coefficient (Wildman–Crippen LogP) is 3.06. The van der Waals surface area contributed by atoms with Crippen LogP contribution in [0.1, 0.15) is 16.1 Å². The van der Waals surface area contributed by atoms with E-state index in [9.17, 15) is 4.79 Å². The van der Waals surface area contributed by atoms with Gasteiger partial charge in [0.2, 0.25) is 0 Å². The van der Waals surface area contributed by atoms with Gasteiger partial charge in [0.05, 0.1) is 5.02 Å². The Bertz CT molecular complexity index is 648. The molecule has 0 unspecified atom stereocenters. The molecule has 110 valence electrons. The van der Waals surface area contributed by atoms with Crippen LogP contribution in [-0.2, 0) is 6.54 Å². The van der Waals surface area contributed by atoms with E-state index >= 15 is 0 Å². The van der Waals surface area contributed by atoms with Gasteiger partial charge in [-0.25, -0.2) is 10.8 Å². The smallest absolute Gasteiger partial charge is 0.274 e. The maximum atomic E-state index is 12.4. The Morgan fingerprint density at radius 3 is 2.62 bits per heavy atom. The Morgan fingerprint density at radius 2 is 2.00 bits per heavy atom. The fourth-order valence-electron chi connectivity index (χ4n) is 1.79. The van der Waals surface area contributed by atoms with Crippen molar-refractivity contribution in [1.82, 2.24) is 9.88 Å². The van der Waals surface area contributed by atoms with Crippen molar-refractivity contribution in [3.63, 3.8) is 0 Å². The van der Waals surface area contributed by atoms with Crippen LogP contribution in [0.25, 0.3) is 0 Å².